The lowest BCUT2D eigenvalue weighted by molar-refractivity contribution is -0.138. The van der Waals surface area contributed by atoms with Crippen molar-refractivity contribution in [2.45, 2.75) is 32.3 Å². The monoisotopic (exact) mass is 321 g/mol. The molecule has 0 aliphatic carbocycles. The highest BCUT2D eigenvalue weighted by molar-refractivity contribution is 7.08. The summed E-state index contributed by atoms with van der Waals surface area (Å²) in [5.41, 5.74) is 0.949. The van der Waals surface area contributed by atoms with E-state index in [2.05, 4.69) is 17.1 Å². The molecule has 0 aromatic carbocycles. The standard InChI is InChI=1S/C15H19N3O3S/c1-2-12-9-18(6-7-20-12)14(19)4-3-13-16-15(17-21-13)11-5-8-22-10-11/h5,8,10,12H,2-4,6-7,9H2,1H3/t12-/m1/s1. The average Bonchev–Trinajstić information content (AvgIpc) is 3.23. The summed E-state index contributed by atoms with van der Waals surface area (Å²) >= 11 is 1.59. The number of thiophene rings is 1. The number of rotatable bonds is 5. The van der Waals surface area contributed by atoms with Crippen molar-refractivity contribution in [3.05, 3.63) is 22.7 Å². The van der Waals surface area contributed by atoms with Gasteiger partial charge in [0.05, 0.1) is 12.7 Å². The highest BCUT2D eigenvalue weighted by Crippen LogP contribution is 2.19. The number of ether oxygens (including phenoxy) is 1. The molecule has 1 saturated heterocycles. The molecule has 2 aromatic heterocycles. The predicted octanol–water partition coefficient (Wildman–Crippen LogP) is 2.37. The van der Waals surface area contributed by atoms with E-state index in [1.807, 2.05) is 21.7 Å². The first-order valence-corrected chi connectivity index (χ1v) is 8.45. The second-order valence-corrected chi connectivity index (χ2v) is 6.04. The Morgan fingerprint density at radius 3 is 3.23 bits per heavy atom. The van der Waals surface area contributed by atoms with E-state index in [4.69, 9.17) is 9.26 Å². The van der Waals surface area contributed by atoms with Gasteiger partial charge in [0.15, 0.2) is 0 Å². The Morgan fingerprint density at radius 1 is 1.55 bits per heavy atom. The molecule has 1 fully saturated rings. The summed E-state index contributed by atoms with van der Waals surface area (Å²) < 4.78 is 10.8. The first-order chi connectivity index (χ1) is 10.8. The Hall–Kier alpha value is -1.73. The molecule has 1 aliphatic heterocycles. The second kappa shape index (κ2) is 7.02. The third-order valence-electron chi connectivity index (χ3n) is 3.75. The minimum absolute atomic E-state index is 0.122. The first-order valence-electron chi connectivity index (χ1n) is 7.50. The van der Waals surface area contributed by atoms with Crippen LogP contribution in [-0.2, 0) is 16.0 Å². The van der Waals surface area contributed by atoms with Crippen LogP contribution in [0.3, 0.4) is 0 Å². The summed E-state index contributed by atoms with van der Waals surface area (Å²) in [5, 5.41) is 7.89. The van der Waals surface area contributed by atoms with Crippen molar-refractivity contribution in [1.82, 2.24) is 15.0 Å². The van der Waals surface area contributed by atoms with E-state index >= 15 is 0 Å². The predicted molar refractivity (Wildman–Crippen MR) is 82.5 cm³/mol. The van der Waals surface area contributed by atoms with Gasteiger partial charge in [-0.1, -0.05) is 12.1 Å². The molecule has 22 heavy (non-hydrogen) atoms. The first kappa shape index (κ1) is 15.2. The molecule has 1 aliphatic rings. The highest BCUT2D eigenvalue weighted by Gasteiger charge is 2.23. The fourth-order valence-corrected chi connectivity index (χ4v) is 3.06. The van der Waals surface area contributed by atoms with Crippen LogP contribution in [0.4, 0.5) is 0 Å². The van der Waals surface area contributed by atoms with Crippen LogP contribution in [0.25, 0.3) is 11.4 Å². The normalized spacial score (nSPS) is 18.6. The Bertz CT molecular complexity index is 611. The number of nitrogens with zero attached hydrogens (tertiary/aromatic N) is 3. The quantitative estimate of drug-likeness (QED) is 0.845. The van der Waals surface area contributed by atoms with Crippen LogP contribution in [0.5, 0.6) is 0 Å². The van der Waals surface area contributed by atoms with Crippen LogP contribution >= 0.6 is 11.3 Å². The smallest absolute Gasteiger partial charge is 0.227 e. The van der Waals surface area contributed by atoms with E-state index in [0.29, 0.717) is 44.3 Å². The van der Waals surface area contributed by atoms with Crippen molar-refractivity contribution in [2.24, 2.45) is 0 Å². The van der Waals surface area contributed by atoms with Crippen molar-refractivity contribution in [1.29, 1.82) is 0 Å². The Kier molecular flexibility index (Phi) is 4.84. The largest absolute Gasteiger partial charge is 0.375 e. The van der Waals surface area contributed by atoms with Crippen molar-refractivity contribution in [3.8, 4) is 11.4 Å². The van der Waals surface area contributed by atoms with E-state index < -0.39 is 0 Å². The molecule has 0 bridgehead atoms. The molecule has 118 valence electrons. The maximum atomic E-state index is 12.3. The fourth-order valence-electron chi connectivity index (χ4n) is 2.43. The molecular formula is C15H19N3O3S. The van der Waals surface area contributed by atoms with Crippen molar-refractivity contribution in [2.75, 3.05) is 19.7 Å². The van der Waals surface area contributed by atoms with E-state index in [1.54, 1.807) is 11.3 Å². The van der Waals surface area contributed by atoms with Crippen LogP contribution in [0, 0.1) is 0 Å². The second-order valence-electron chi connectivity index (χ2n) is 5.26. The van der Waals surface area contributed by atoms with Crippen molar-refractivity contribution in [3.63, 3.8) is 0 Å². The fraction of sp³-hybridized carbons (Fsp3) is 0.533. The average molecular weight is 321 g/mol. The zero-order valence-corrected chi connectivity index (χ0v) is 13.3. The molecule has 0 spiro atoms. The summed E-state index contributed by atoms with van der Waals surface area (Å²) in [6.45, 7) is 4.04. The number of carbonyl (C=O) groups excluding carboxylic acids is 1. The molecule has 0 saturated carbocycles. The number of hydrogen-bond acceptors (Lipinski definition) is 6. The van der Waals surface area contributed by atoms with Gasteiger partial charge in [-0.05, 0) is 17.9 Å². The van der Waals surface area contributed by atoms with E-state index in [0.717, 1.165) is 12.0 Å². The molecule has 7 heteroatoms. The SMILES string of the molecule is CC[C@@H]1CN(C(=O)CCc2nc(-c3ccsc3)no2)CCO1. The minimum Gasteiger partial charge on any atom is -0.375 e. The zero-order valence-electron chi connectivity index (χ0n) is 12.5. The van der Waals surface area contributed by atoms with Gasteiger partial charge in [-0.15, -0.1) is 0 Å². The van der Waals surface area contributed by atoms with Gasteiger partial charge in [0, 0.05) is 36.9 Å². The summed E-state index contributed by atoms with van der Waals surface area (Å²) in [7, 11) is 0. The van der Waals surface area contributed by atoms with Gasteiger partial charge in [0.25, 0.3) is 0 Å². The lowest BCUT2D eigenvalue weighted by Gasteiger charge is -2.32. The molecule has 0 N–H and O–H groups in total. The summed E-state index contributed by atoms with van der Waals surface area (Å²) in [6.07, 6.45) is 1.95. The van der Waals surface area contributed by atoms with Gasteiger partial charge >= 0.3 is 0 Å². The number of morpholine rings is 1. The van der Waals surface area contributed by atoms with E-state index in [-0.39, 0.29) is 12.0 Å². The molecule has 2 aromatic rings. The number of carbonyl (C=O) groups is 1. The molecule has 0 unspecified atom stereocenters. The molecule has 3 heterocycles. The van der Waals surface area contributed by atoms with Crippen LogP contribution in [0.15, 0.2) is 21.3 Å². The van der Waals surface area contributed by atoms with Gasteiger partial charge in [-0.25, -0.2) is 0 Å². The third-order valence-corrected chi connectivity index (χ3v) is 4.43. The Balaban J connectivity index is 1.53. The van der Waals surface area contributed by atoms with E-state index in [1.165, 1.54) is 0 Å². The topological polar surface area (TPSA) is 68.5 Å². The highest BCUT2D eigenvalue weighted by atomic mass is 32.1. The number of aryl methyl sites for hydroxylation is 1. The van der Waals surface area contributed by atoms with Gasteiger partial charge in [0.2, 0.25) is 17.6 Å². The van der Waals surface area contributed by atoms with Gasteiger partial charge in [0.1, 0.15) is 0 Å². The van der Waals surface area contributed by atoms with E-state index in [9.17, 15) is 4.79 Å². The van der Waals surface area contributed by atoms with Gasteiger partial charge in [-0.3, -0.25) is 4.79 Å². The third kappa shape index (κ3) is 3.53. The van der Waals surface area contributed by atoms with Crippen LogP contribution in [0.1, 0.15) is 25.7 Å². The maximum absolute atomic E-state index is 12.3. The lowest BCUT2D eigenvalue weighted by atomic mass is 10.2. The molecule has 0 radical (unpaired) electrons. The number of aromatic nitrogens is 2. The molecular weight excluding hydrogens is 302 g/mol. The van der Waals surface area contributed by atoms with Crippen LogP contribution in [0.2, 0.25) is 0 Å². The molecule has 1 atom stereocenters. The molecule has 3 rings (SSSR count). The summed E-state index contributed by atoms with van der Waals surface area (Å²) in [4.78, 5) is 18.5. The Labute approximate surface area is 133 Å². The summed E-state index contributed by atoms with van der Waals surface area (Å²) in [5.74, 6) is 1.22. The minimum atomic E-state index is 0.122. The maximum Gasteiger partial charge on any atom is 0.227 e. The number of amides is 1. The Morgan fingerprint density at radius 2 is 2.45 bits per heavy atom. The van der Waals surface area contributed by atoms with Crippen molar-refractivity contribution >= 4 is 17.2 Å². The van der Waals surface area contributed by atoms with Gasteiger partial charge in [-0.2, -0.15) is 16.3 Å². The van der Waals surface area contributed by atoms with Crippen LogP contribution in [-0.4, -0.2) is 46.7 Å². The number of hydrogen-bond donors (Lipinski definition) is 0. The van der Waals surface area contributed by atoms with Gasteiger partial charge < -0.3 is 14.2 Å². The summed E-state index contributed by atoms with van der Waals surface area (Å²) in [6, 6.07) is 1.95. The van der Waals surface area contributed by atoms with Crippen LogP contribution < -0.4 is 0 Å². The lowest BCUT2D eigenvalue weighted by Crippen LogP contribution is -2.45. The van der Waals surface area contributed by atoms with Crippen molar-refractivity contribution < 1.29 is 14.1 Å². The molecule has 6 nitrogen and oxygen atoms in total. The zero-order chi connectivity index (χ0) is 15.4. The molecule has 1 amide bonds.